The largest absolute Gasteiger partial charge is 0.314 e. The van der Waals surface area contributed by atoms with Crippen molar-refractivity contribution < 1.29 is 0 Å². The van der Waals surface area contributed by atoms with Crippen LogP contribution in [0.5, 0.6) is 0 Å². The van der Waals surface area contributed by atoms with E-state index in [4.69, 9.17) is 0 Å². The van der Waals surface area contributed by atoms with Crippen molar-refractivity contribution in [2.45, 2.75) is 46.1 Å². The van der Waals surface area contributed by atoms with Crippen LogP contribution >= 0.6 is 0 Å². The predicted molar refractivity (Wildman–Crippen MR) is 84.4 cm³/mol. The van der Waals surface area contributed by atoms with Gasteiger partial charge in [0, 0.05) is 12.5 Å². The van der Waals surface area contributed by atoms with Crippen molar-refractivity contribution in [3.8, 4) is 5.69 Å². The SMILES string of the molecule is CCCC(CNC(C)C)Cc1nnnn1-c1ccccc1. The standard InChI is InChI=1S/C16H25N5/c1-4-8-14(12-17-13(2)3)11-16-18-19-20-21(16)15-9-6-5-7-10-15/h5-7,9-10,13-14,17H,4,8,11-12H2,1-3H3. The van der Waals surface area contributed by atoms with E-state index < -0.39 is 0 Å². The number of tetrazole rings is 1. The molecule has 0 radical (unpaired) electrons. The molecule has 0 saturated heterocycles. The molecule has 1 N–H and O–H groups in total. The molecule has 0 aliphatic rings. The summed E-state index contributed by atoms with van der Waals surface area (Å²) < 4.78 is 1.85. The molecule has 1 aromatic carbocycles. The molecule has 2 aromatic rings. The topological polar surface area (TPSA) is 55.6 Å². The third-order valence-electron chi connectivity index (χ3n) is 3.52. The molecule has 5 nitrogen and oxygen atoms in total. The Morgan fingerprint density at radius 1 is 1.19 bits per heavy atom. The summed E-state index contributed by atoms with van der Waals surface area (Å²) in [6, 6.07) is 10.6. The van der Waals surface area contributed by atoms with Gasteiger partial charge in [0.15, 0.2) is 5.82 Å². The number of nitrogens with one attached hydrogen (secondary N) is 1. The van der Waals surface area contributed by atoms with Gasteiger partial charge >= 0.3 is 0 Å². The Hall–Kier alpha value is -1.75. The van der Waals surface area contributed by atoms with Crippen LogP contribution in [0, 0.1) is 5.92 Å². The predicted octanol–water partition coefficient (Wildman–Crippen LogP) is 2.62. The Bertz CT molecular complexity index is 520. The molecule has 2 rings (SSSR count). The van der Waals surface area contributed by atoms with E-state index >= 15 is 0 Å². The van der Waals surface area contributed by atoms with E-state index in [9.17, 15) is 0 Å². The summed E-state index contributed by atoms with van der Waals surface area (Å²) in [7, 11) is 0. The van der Waals surface area contributed by atoms with Crippen LogP contribution in [0.3, 0.4) is 0 Å². The highest BCUT2D eigenvalue weighted by Gasteiger charge is 2.15. The van der Waals surface area contributed by atoms with Crippen molar-refractivity contribution in [1.29, 1.82) is 0 Å². The number of hydrogen-bond donors (Lipinski definition) is 1. The van der Waals surface area contributed by atoms with Crippen molar-refractivity contribution in [2.75, 3.05) is 6.54 Å². The number of para-hydroxylation sites is 1. The van der Waals surface area contributed by atoms with Crippen LogP contribution in [0.1, 0.15) is 39.4 Å². The summed E-state index contributed by atoms with van der Waals surface area (Å²) >= 11 is 0. The highest BCUT2D eigenvalue weighted by Crippen LogP contribution is 2.14. The van der Waals surface area contributed by atoms with E-state index in [1.54, 1.807) is 0 Å². The highest BCUT2D eigenvalue weighted by molar-refractivity contribution is 5.30. The van der Waals surface area contributed by atoms with E-state index in [-0.39, 0.29) is 0 Å². The van der Waals surface area contributed by atoms with Crippen molar-refractivity contribution in [3.05, 3.63) is 36.2 Å². The fraction of sp³-hybridized carbons (Fsp3) is 0.562. The van der Waals surface area contributed by atoms with Gasteiger partial charge in [-0.25, -0.2) is 0 Å². The molecular formula is C16H25N5. The van der Waals surface area contributed by atoms with Crippen LogP contribution in [-0.4, -0.2) is 32.8 Å². The van der Waals surface area contributed by atoms with Gasteiger partial charge in [0.05, 0.1) is 5.69 Å². The quantitative estimate of drug-likeness (QED) is 0.811. The van der Waals surface area contributed by atoms with Gasteiger partial charge in [-0.15, -0.1) is 5.10 Å². The maximum absolute atomic E-state index is 4.22. The van der Waals surface area contributed by atoms with Crippen LogP contribution < -0.4 is 5.32 Å². The molecule has 0 spiro atoms. The van der Waals surface area contributed by atoms with E-state index in [0.29, 0.717) is 12.0 Å². The van der Waals surface area contributed by atoms with E-state index in [1.165, 1.54) is 12.8 Å². The molecule has 21 heavy (non-hydrogen) atoms. The minimum Gasteiger partial charge on any atom is -0.314 e. The van der Waals surface area contributed by atoms with E-state index in [1.807, 2.05) is 35.0 Å². The maximum atomic E-state index is 4.22. The third kappa shape index (κ3) is 4.63. The monoisotopic (exact) mass is 287 g/mol. The first-order valence-electron chi connectivity index (χ1n) is 7.76. The average Bonchev–Trinajstić information content (AvgIpc) is 2.94. The molecule has 0 amide bonds. The first-order chi connectivity index (χ1) is 10.2. The van der Waals surface area contributed by atoms with Gasteiger partial charge in [-0.1, -0.05) is 45.4 Å². The molecule has 0 aliphatic heterocycles. The first-order valence-corrected chi connectivity index (χ1v) is 7.76. The molecule has 0 aliphatic carbocycles. The fourth-order valence-corrected chi connectivity index (χ4v) is 2.45. The van der Waals surface area contributed by atoms with E-state index in [0.717, 1.165) is 24.5 Å². The molecule has 114 valence electrons. The second-order valence-corrected chi connectivity index (χ2v) is 5.76. The minimum atomic E-state index is 0.509. The highest BCUT2D eigenvalue weighted by atomic mass is 15.5. The lowest BCUT2D eigenvalue weighted by molar-refractivity contribution is 0.409. The van der Waals surface area contributed by atoms with Gasteiger partial charge < -0.3 is 5.32 Å². The molecular weight excluding hydrogens is 262 g/mol. The minimum absolute atomic E-state index is 0.509. The average molecular weight is 287 g/mol. The van der Waals surface area contributed by atoms with Gasteiger partial charge in [0.1, 0.15) is 0 Å². The number of aromatic nitrogens is 4. The Balaban J connectivity index is 2.09. The Morgan fingerprint density at radius 2 is 1.95 bits per heavy atom. The summed E-state index contributed by atoms with van der Waals surface area (Å²) in [5.74, 6) is 1.50. The Kier molecular flexibility index (Phi) is 5.87. The van der Waals surface area contributed by atoms with Crippen LogP contribution in [0.15, 0.2) is 30.3 Å². The first kappa shape index (κ1) is 15.6. The summed E-state index contributed by atoms with van der Waals surface area (Å²) in [6.45, 7) is 7.59. The number of nitrogens with zero attached hydrogens (tertiary/aromatic N) is 4. The molecule has 5 heteroatoms. The Labute approximate surface area is 126 Å². The lowest BCUT2D eigenvalue weighted by Gasteiger charge is -2.18. The molecule has 1 unspecified atom stereocenters. The van der Waals surface area contributed by atoms with Crippen molar-refractivity contribution >= 4 is 0 Å². The summed E-state index contributed by atoms with van der Waals surface area (Å²) in [5, 5.41) is 15.7. The zero-order valence-electron chi connectivity index (χ0n) is 13.2. The fourth-order valence-electron chi connectivity index (χ4n) is 2.45. The molecule has 0 fully saturated rings. The van der Waals surface area contributed by atoms with Crippen LogP contribution in [0.25, 0.3) is 5.69 Å². The number of benzene rings is 1. The number of rotatable bonds is 8. The van der Waals surface area contributed by atoms with Crippen molar-refractivity contribution in [2.24, 2.45) is 5.92 Å². The van der Waals surface area contributed by atoms with Gasteiger partial charge in [-0.3, -0.25) is 0 Å². The van der Waals surface area contributed by atoms with Gasteiger partial charge in [0.25, 0.3) is 0 Å². The zero-order valence-corrected chi connectivity index (χ0v) is 13.2. The molecule has 0 bridgehead atoms. The maximum Gasteiger partial charge on any atom is 0.157 e. The molecule has 1 heterocycles. The lowest BCUT2D eigenvalue weighted by Crippen LogP contribution is -2.30. The summed E-state index contributed by atoms with van der Waals surface area (Å²) in [4.78, 5) is 0. The van der Waals surface area contributed by atoms with Gasteiger partial charge in [-0.05, 0) is 41.4 Å². The van der Waals surface area contributed by atoms with Crippen molar-refractivity contribution in [3.63, 3.8) is 0 Å². The van der Waals surface area contributed by atoms with Gasteiger partial charge in [-0.2, -0.15) is 4.68 Å². The van der Waals surface area contributed by atoms with Crippen LogP contribution in [0.4, 0.5) is 0 Å². The molecule has 0 saturated carbocycles. The second-order valence-electron chi connectivity index (χ2n) is 5.76. The third-order valence-corrected chi connectivity index (χ3v) is 3.52. The summed E-state index contributed by atoms with van der Waals surface area (Å²) in [6.07, 6.45) is 3.26. The van der Waals surface area contributed by atoms with Gasteiger partial charge in [0.2, 0.25) is 0 Å². The van der Waals surface area contributed by atoms with Crippen molar-refractivity contribution in [1.82, 2.24) is 25.5 Å². The molecule has 1 aromatic heterocycles. The zero-order chi connectivity index (χ0) is 15.1. The smallest absolute Gasteiger partial charge is 0.157 e. The Morgan fingerprint density at radius 3 is 2.62 bits per heavy atom. The lowest BCUT2D eigenvalue weighted by atomic mass is 9.99. The second kappa shape index (κ2) is 7.88. The van der Waals surface area contributed by atoms with Crippen LogP contribution in [0.2, 0.25) is 0 Å². The normalized spacial score (nSPS) is 12.8. The van der Waals surface area contributed by atoms with Crippen LogP contribution in [-0.2, 0) is 6.42 Å². The molecule has 1 atom stereocenters. The van der Waals surface area contributed by atoms with E-state index in [2.05, 4.69) is 41.6 Å². The number of hydrogen-bond acceptors (Lipinski definition) is 4. The summed E-state index contributed by atoms with van der Waals surface area (Å²) in [5.41, 5.74) is 1.02.